The highest BCUT2D eigenvalue weighted by molar-refractivity contribution is 5.80. The predicted molar refractivity (Wildman–Crippen MR) is 86.9 cm³/mol. The average molecular weight is 331 g/mol. The van der Waals surface area contributed by atoms with Crippen LogP contribution in [-0.2, 0) is 11.2 Å². The van der Waals surface area contributed by atoms with Gasteiger partial charge in [0.15, 0.2) is 0 Å². The maximum Gasteiger partial charge on any atom is 0.226 e. The van der Waals surface area contributed by atoms with Crippen LogP contribution >= 0.6 is 0 Å². The highest BCUT2D eigenvalue weighted by atomic mass is 19.1. The molecule has 3 rings (SSSR count). The Balaban J connectivity index is 1.55. The van der Waals surface area contributed by atoms with E-state index in [1.54, 1.807) is 24.3 Å². The van der Waals surface area contributed by atoms with E-state index in [0.717, 1.165) is 11.1 Å². The molecule has 4 nitrogen and oxygen atoms in total. The Hall–Kier alpha value is -2.31. The van der Waals surface area contributed by atoms with Gasteiger partial charge in [0.2, 0.25) is 5.91 Å². The number of halogens is 2. The number of rotatable bonds is 5. The van der Waals surface area contributed by atoms with Crippen LogP contribution in [0.2, 0.25) is 0 Å². The second-order valence-corrected chi connectivity index (χ2v) is 5.83. The summed E-state index contributed by atoms with van der Waals surface area (Å²) in [6, 6.07) is 12.2. The van der Waals surface area contributed by atoms with Crippen molar-refractivity contribution < 1.29 is 13.6 Å². The van der Waals surface area contributed by atoms with Gasteiger partial charge in [0.25, 0.3) is 0 Å². The van der Waals surface area contributed by atoms with Gasteiger partial charge in [-0.15, -0.1) is 0 Å². The standard InChI is InChI=1S/C18H19F2N3O/c19-14-5-1-12(2-6-14)9-10-21-18(24)16-11-22-23-17(16)13-3-7-15(20)8-4-13/h1-8,16-17,22-23H,9-11H2,(H,21,24). The van der Waals surface area contributed by atoms with Gasteiger partial charge in [-0.3, -0.25) is 10.2 Å². The van der Waals surface area contributed by atoms with Crippen LogP contribution in [0.3, 0.4) is 0 Å². The lowest BCUT2D eigenvalue weighted by Gasteiger charge is -2.18. The van der Waals surface area contributed by atoms with Crippen molar-refractivity contribution in [2.45, 2.75) is 12.5 Å². The van der Waals surface area contributed by atoms with E-state index in [2.05, 4.69) is 16.2 Å². The molecule has 1 heterocycles. The molecule has 0 aromatic heterocycles. The molecule has 1 amide bonds. The minimum absolute atomic E-state index is 0.0658. The number of hydrogen-bond donors (Lipinski definition) is 3. The van der Waals surface area contributed by atoms with Gasteiger partial charge in [-0.05, 0) is 41.8 Å². The van der Waals surface area contributed by atoms with E-state index in [1.807, 2.05) is 0 Å². The molecule has 0 spiro atoms. The van der Waals surface area contributed by atoms with Gasteiger partial charge in [-0.1, -0.05) is 24.3 Å². The van der Waals surface area contributed by atoms with Crippen molar-refractivity contribution in [1.82, 2.24) is 16.2 Å². The summed E-state index contributed by atoms with van der Waals surface area (Å²) in [4.78, 5) is 12.4. The van der Waals surface area contributed by atoms with Crippen LogP contribution < -0.4 is 16.2 Å². The zero-order chi connectivity index (χ0) is 16.9. The van der Waals surface area contributed by atoms with E-state index >= 15 is 0 Å². The van der Waals surface area contributed by atoms with E-state index < -0.39 is 0 Å². The number of hydrazine groups is 1. The first-order valence-electron chi connectivity index (χ1n) is 7.89. The van der Waals surface area contributed by atoms with Gasteiger partial charge in [0.05, 0.1) is 12.0 Å². The Labute approximate surface area is 139 Å². The van der Waals surface area contributed by atoms with Crippen LogP contribution in [0.4, 0.5) is 8.78 Å². The fraction of sp³-hybridized carbons (Fsp3) is 0.278. The molecule has 1 aliphatic rings. The summed E-state index contributed by atoms with van der Waals surface area (Å²) in [5, 5.41) is 2.91. The molecule has 1 saturated heterocycles. The first-order chi connectivity index (χ1) is 11.6. The lowest BCUT2D eigenvalue weighted by Crippen LogP contribution is -2.36. The van der Waals surface area contributed by atoms with Gasteiger partial charge >= 0.3 is 0 Å². The Morgan fingerprint density at radius 1 is 1.04 bits per heavy atom. The molecular weight excluding hydrogens is 312 g/mol. The fourth-order valence-electron chi connectivity index (χ4n) is 2.84. The second-order valence-electron chi connectivity index (χ2n) is 5.83. The van der Waals surface area contributed by atoms with Crippen LogP contribution in [-0.4, -0.2) is 19.0 Å². The SMILES string of the molecule is O=C(NCCc1ccc(F)cc1)C1CNNC1c1ccc(F)cc1. The van der Waals surface area contributed by atoms with Crippen LogP contribution in [0.15, 0.2) is 48.5 Å². The summed E-state index contributed by atoms with van der Waals surface area (Å²) >= 11 is 0. The van der Waals surface area contributed by atoms with Crippen LogP contribution in [0.5, 0.6) is 0 Å². The Morgan fingerprint density at radius 3 is 2.33 bits per heavy atom. The molecule has 0 radical (unpaired) electrons. The first kappa shape index (κ1) is 16.5. The smallest absolute Gasteiger partial charge is 0.226 e. The average Bonchev–Trinajstić information content (AvgIpc) is 3.07. The van der Waals surface area contributed by atoms with Crippen LogP contribution in [0.1, 0.15) is 17.2 Å². The number of hydrogen-bond acceptors (Lipinski definition) is 3. The van der Waals surface area contributed by atoms with E-state index in [4.69, 9.17) is 0 Å². The highest BCUT2D eigenvalue weighted by Crippen LogP contribution is 2.25. The normalized spacial score (nSPS) is 20.1. The third-order valence-electron chi connectivity index (χ3n) is 4.17. The lowest BCUT2D eigenvalue weighted by atomic mass is 9.94. The fourth-order valence-corrected chi connectivity index (χ4v) is 2.84. The van der Waals surface area contributed by atoms with Crippen molar-refractivity contribution >= 4 is 5.91 Å². The van der Waals surface area contributed by atoms with Crippen LogP contribution in [0.25, 0.3) is 0 Å². The Kier molecular flexibility index (Phi) is 5.17. The van der Waals surface area contributed by atoms with Crippen molar-refractivity contribution in [3.63, 3.8) is 0 Å². The summed E-state index contributed by atoms with van der Waals surface area (Å²) in [6.45, 7) is 0.988. The minimum Gasteiger partial charge on any atom is -0.355 e. The third-order valence-corrected chi connectivity index (χ3v) is 4.17. The predicted octanol–water partition coefficient (Wildman–Crippen LogP) is 2.09. The highest BCUT2D eigenvalue weighted by Gasteiger charge is 2.33. The summed E-state index contributed by atoms with van der Waals surface area (Å²) in [7, 11) is 0. The minimum atomic E-state index is -0.301. The van der Waals surface area contributed by atoms with Gasteiger partial charge in [-0.2, -0.15) is 0 Å². The summed E-state index contributed by atoms with van der Waals surface area (Å²) < 4.78 is 25.9. The van der Waals surface area contributed by atoms with Crippen LogP contribution in [0, 0.1) is 17.6 Å². The Morgan fingerprint density at radius 2 is 1.67 bits per heavy atom. The first-order valence-corrected chi connectivity index (χ1v) is 7.89. The molecule has 6 heteroatoms. The summed E-state index contributed by atoms with van der Waals surface area (Å²) in [6.07, 6.45) is 0.640. The number of nitrogens with one attached hydrogen (secondary N) is 3. The third kappa shape index (κ3) is 3.96. The van der Waals surface area contributed by atoms with Crippen molar-refractivity contribution in [2.75, 3.05) is 13.1 Å². The molecule has 1 aliphatic heterocycles. The van der Waals surface area contributed by atoms with E-state index in [9.17, 15) is 13.6 Å². The molecule has 1 fully saturated rings. The van der Waals surface area contributed by atoms with Gasteiger partial charge in [0, 0.05) is 13.1 Å². The zero-order valence-corrected chi connectivity index (χ0v) is 13.1. The van der Waals surface area contributed by atoms with Crippen molar-refractivity contribution in [1.29, 1.82) is 0 Å². The van der Waals surface area contributed by atoms with Gasteiger partial charge < -0.3 is 5.32 Å². The largest absolute Gasteiger partial charge is 0.355 e. The molecule has 24 heavy (non-hydrogen) atoms. The summed E-state index contributed by atoms with van der Waals surface area (Å²) in [5.41, 5.74) is 7.88. The molecule has 0 saturated carbocycles. The quantitative estimate of drug-likeness (QED) is 0.786. The van der Waals surface area contributed by atoms with E-state index in [0.29, 0.717) is 19.5 Å². The van der Waals surface area contributed by atoms with Gasteiger partial charge in [0.1, 0.15) is 11.6 Å². The van der Waals surface area contributed by atoms with Crippen molar-refractivity contribution in [2.24, 2.45) is 5.92 Å². The number of benzene rings is 2. The topological polar surface area (TPSA) is 53.2 Å². The molecule has 0 aliphatic carbocycles. The Bertz CT molecular complexity index is 688. The van der Waals surface area contributed by atoms with Crippen molar-refractivity contribution in [3.8, 4) is 0 Å². The molecule has 126 valence electrons. The zero-order valence-electron chi connectivity index (χ0n) is 13.1. The molecular formula is C18H19F2N3O. The number of amides is 1. The monoisotopic (exact) mass is 331 g/mol. The van der Waals surface area contributed by atoms with E-state index in [-0.39, 0.29) is 29.5 Å². The van der Waals surface area contributed by atoms with Gasteiger partial charge in [-0.25, -0.2) is 14.2 Å². The van der Waals surface area contributed by atoms with Crippen molar-refractivity contribution in [3.05, 3.63) is 71.3 Å². The molecule has 2 atom stereocenters. The maximum atomic E-state index is 13.0. The summed E-state index contributed by atoms with van der Waals surface area (Å²) in [5.74, 6) is -0.911. The molecule has 3 N–H and O–H groups in total. The maximum absolute atomic E-state index is 13.0. The molecule has 2 aromatic rings. The second kappa shape index (κ2) is 7.51. The number of carbonyl (C=O) groups excluding carboxylic acids is 1. The molecule has 0 bridgehead atoms. The molecule has 2 aromatic carbocycles. The molecule has 2 unspecified atom stereocenters. The number of carbonyl (C=O) groups is 1. The lowest BCUT2D eigenvalue weighted by molar-refractivity contribution is -0.124. The van der Waals surface area contributed by atoms with E-state index in [1.165, 1.54) is 24.3 Å².